The Balaban J connectivity index is 1.00. The monoisotopic (exact) mass is 949 g/mol. The summed E-state index contributed by atoms with van der Waals surface area (Å²) in [4.78, 5) is 3.40. The van der Waals surface area contributed by atoms with Crippen molar-refractivity contribution in [2.24, 2.45) is 21.9 Å². The van der Waals surface area contributed by atoms with E-state index in [4.69, 9.17) is 47.4 Å². The summed E-state index contributed by atoms with van der Waals surface area (Å²) in [7, 11) is 0. The van der Waals surface area contributed by atoms with Crippen molar-refractivity contribution >= 4 is 0 Å². The van der Waals surface area contributed by atoms with E-state index in [0.717, 1.165) is 47.1 Å². The van der Waals surface area contributed by atoms with Crippen molar-refractivity contribution in [2.75, 3.05) is 6.61 Å². The number of benzene rings is 5. The van der Waals surface area contributed by atoms with E-state index in [1.54, 1.807) is 0 Å². The minimum atomic E-state index is -1.17. The van der Waals surface area contributed by atoms with Gasteiger partial charge in [0.25, 0.3) is 0 Å². The van der Waals surface area contributed by atoms with Gasteiger partial charge in [0, 0.05) is 22.3 Å². The molecular formula is C57H63N3O10. The van der Waals surface area contributed by atoms with Gasteiger partial charge in [0.15, 0.2) is 18.4 Å². The van der Waals surface area contributed by atoms with E-state index in [2.05, 4.69) is 42.9 Å². The topological polar surface area (TPSA) is 141 Å². The lowest BCUT2D eigenvalue weighted by Gasteiger charge is -2.51. The Labute approximate surface area is 410 Å². The van der Waals surface area contributed by atoms with Crippen molar-refractivity contribution in [1.29, 1.82) is 0 Å². The van der Waals surface area contributed by atoms with Crippen molar-refractivity contribution in [3.8, 4) is 0 Å². The number of ether oxygens (including phenoxy) is 10. The summed E-state index contributed by atoms with van der Waals surface area (Å²) in [5.41, 5.74) is 14.8. The second kappa shape index (κ2) is 20.3. The molecule has 3 saturated heterocycles. The van der Waals surface area contributed by atoms with E-state index in [0.29, 0.717) is 12.5 Å². The molecule has 3 aliphatic carbocycles. The summed E-state index contributed by atoms with van der Waals surface area (Å²) in [6.45, 7) is 8.22. The summed E-state index contributed by atoms with van der Waals surface area (Å²) in [5, 5.41) is 4.44. The maximum absolute atomic E-state index is 10.4. The number of azide groups is 1. The van der Waals surface area contributed by atoms with Gasteiger partial charge >= 0.3 is 0 Å². The Morgan fingerprint density at radius 1 is 0.571 bits per heavy atom. The molecule has 0 N–H and O–H groups in total. The molecule has 5 aromatic carbocycles. The zero-order valence-electron chi connectivity index (χ0n) is 40.0. The summed E-state index contributed by atoms with van der Waals surface area (Å²) < 4.78 is 71.0. The van der Waals surface area contributed by atoms with E-state index in [1.165, 1.54) is 0 Å². The van der Waals surface area contributed by atoms with E-state index < -0.39 is 79.3 Å². The molecule has 6 aliphatic rings. The molecule has 5 aromatic rings. The highest BCUT2D eigenvalue weighted by Crippen LogP contribution is 2.73. The van der Waals surface area contributed by atoms with Gasteiger partial charge in [-0.1, -0.05) is 178 Å². The lowest BCUT2D eigenvalue weighted by Crippen LogP contribution is -2.68. The maximum Gasteiger partial charge on any atom is 0.184 e. The number of nitrogens with zero attached hydrogens (tertiary/aromatic N) is 3. The van der Waals surface area contributed by atoms with Crippen molar-refractivity contribution < 1.29 is 47.4 Å². The Hall–Kier alpha value is -4.99. The fraction of sp³-hybridized carbons (Fsp3) is 0.474. The Morgan fingerprint density at radius 3 is 1.53 bits per heavy atom. The highest BCUT2D eigenvalue weighted by molar-refractivity contribution is 5.23. The third-order valence-corrected chi connectivity index (χ3v) is 16.4. The van der Waals surface area contributed by atoms with Crippen LogP contribution < -0.4 is 0 Å². The molecular weight excluding hydrogens is 887 g/mol. The lowest BCUT2D eigenvalue weighted by molar-refractivity contribution is -0.364. The van der Waals surface area contributed by atoms with Crippen molar-refractivity contribution in [3.63, 3.8) is 0 Å². The molecule has 2 bridgehead atoms. The van der Waals surface area contributed by atoms with Gasteiger partial charge in [-0.3, -0.25) is 0 Å². The maximum atomic E-state index is 10.4. The predicted molar refractivity (Wildman–Crippen MR) is 258 cm³/mol. The van der Waals surface area contributed by atoms with Crippen LogP contribution in [0.15, 0.2) is 157 Å². The smallest absolute Gasteiger partial charge is 0.184 e. The fourth-order valence-corrected chi connectivity index (χ4v) is 12.2. The average molecular weight is 950 g/mol. The first-order chi connectivity index (χ1) is 34.2. The van der Waals surface area contributed by atoms with Crippen LogP contribution in [0.2, 0.25) is 0 Å². The minimum Gasteiger partial charge on any atom is -0.370 e. The van der Waals surface area contributed by atoms with Crippen molar-refractivity contribution in [1.82, 2.24) is 0 Å². The van der Waals surface area contributed by atoms with Gasteiger partial charge in [0.2, 0.25) is 0 Å². The van der Waals surface area contributed by atoms with Crippen LogP contribution in [0, 0.1) is 16.7 Å². The molecule has 4 unspecified atom stereocenters. The molecule has 0 aromatic heterocycles. The Morgan fingerprint density at radius 2 is 1.04 bits per heavy atom. The van der Waals surface area contributed by atoms with Gasteiger partial charge in [-0.2, -0.15) is 0 Å². The molecule has 70 heavy (non-hydrogen) atoms. The summed E-state index contributed by atoms with van der Waals surface area (Å²) in [6, 6.07) is 48.9. The normalized spacial score (nSPS) is 36.0. The van der Waals surface area contributed by atoms with Crippen molar-refractivity contribution in [3.05, 3.63) is 190 Å². The average Bonchev–Trinajstić information content (AvgIpc) is 3.94. The fourth-order valence-electron chi connectivity index (χ4n) is 12.2. The van der Waals surface area contributed by atoms with Crippen LogP contribution in [0.1, 0.15) is 74.1 Å². The zero-order chi connectivity index (χ0) is 47.7. The van der Waals surface area contributed by atoms with E-state index in [9.17, 15) is 5.53 Å². The first kappa shape index (κ1) is 47.3. The molecule has 1 spiro atoms. The molecule has 13 heteroatoms. The number of fused-ring (bicyclic) bond motifs is 5. The molecule has 15 atom stereocenters. The Kier molecular flexibility index (Phi) is 13.7. The van der Waals surface area contributed by atoms with Crippen LogP contribution in [-0.4, -0.2) is 79.7 Å². The van der Waals surface area contributed by atoms with E-state index in [1.807, 2.05) is 140 Å². The first-order valence-electron chi connectivity index (χ1n) is 24.9. The second-order valence-electron chi connectivity index (χ2n) is 20.5. The molecule has 3 aliphatic heterocycles. The van der Waals surface area contributed by atoms with Crippen LogP contribution in [-0.2, 0) is 73.8 Å². The molecule has 6 fully saturated rings. The highest BCUT2D eigenvalue weighted by Gasteiger charge is 2.76. The minimum absolute atomic E-state index is 0.0698. The molecule has 0 radical (unpaired) electrons. The molecule has 3 saturated carbocycles. The van der Waals surface area contributed by atoms with Gasteiger partial charge in [0.05, 0.1) is 33.0 Å². The molecule has 366 valence electrons. The summed E-state index contributed by atoms with van der Waals surface area (Å²) in [6.07, 6.45) is -5.79. The van der Waals surface area contributed by atoms with Gasteiger partial charge in [-0.15, -0.1) is 0 Å². The van der Waals surface area contributed by atoms with Gasteiger partial charge in [-0.25, -0.2) is 0 Å². The van der Waals surface area contributed by atoms with Crippen LogP contribution in [0.25, 0.3) is 10.4 Å². The second-order valence-corrected chi connectivity index (χ2v) is 20.5. The van der Waals surface area contributed by atoms with Gasteiger partial charge in [-0.05, 0) is 52.0 Å². The zero-order valence-corrected chi connectivity index (χ0v) is 40.0. The number of rotatable bonds is 16. The quantitative estimate of drug-likeness (QED) is 0.0533. The van der Waals surface area contributed by atoms with Crippen LogP contribution in [0.5, 0.6) is 0 Å². The van der Waals surface area contributed by atoms with Gasteiger partial charge in [0.1, 0.15) is 61.0 Å². The number of hydrogen-bond donors (Lipinski definition) is 0. The Bertz CT molecular complexity index is 2540. The third kappa shape index (κ3) is 9.01. The molecule has 13 nitrogen and oxygen atoms in total. The van der Waals surface area contributed by atoms with Gasteiger partial charge < -0.3 is 47.4 Å². The molecule has 3 heterocycles. The number of hydrogen-bond acceptors (Lipinski definition) is 11. The lowest BCUT2D eigenvalue weighted by atomic mass is 9.68. The predicted octanol–water partition coefficient (Wildman–Crippen LogP) is 10.6. The highest BCUT2D eigenvalue weighted by atomic mass is 16.8. The van der Waals surface area contributed by atoms with Crippen LogP contribution in [0.4, 0.5) is 0 Å². The molecule has 11 rings (SSSR count). The SMILES string of the molecule is CC1(C)C2CCC1(C)C1(C2)O[C@@H]2[C@H](OCc3ccccc3)[C@@H](OCc3ccccc3)[C@H](OCc3ccccc3)[C@@H](O[C@H]3O[C@@H]4COC(c5ccccc5)O[C@H]4[C@H](OCc4ccccc4)[C@H]3N=[N+]=[N-])[C@@H]2O1. The van der Waals surface area contributed by atoms with Crippen LogP contribution in [0.3, 0.4) is 0 Å². The summed E-state index contributed by atoms with van der Waals surface area (Å²) in [5.74, 6) is -0.567. The summed E-state index contributed by atoms with van der Waals surface area (Å²) >= 11 is 0. The first-order valence-corrected chi connectivity index (χ1v) is 24.9. The largest absolute Gasteiger partial charge is 0.370 e. The molecule has 0 amide bonds. The van der Waals surface area contributed by atoms with Crippen LogP contribution >= 0.6 is 0 Å². The third-order valence-electron chi connectivity index (χ3n) is 16.4. The van der Waals surface area contributed by atoms with Crippen molar-refractivity contribution in [2.45, 2.75) is 146 Å². The standard InChI is InChI=1S/C57H63N3O10/c1-55(2)42-29-30-56(55,3)57(31-42)69-51-49(64-35-40-25-15-7-16-26-40)47(62-33-38-21-11-5-12-22-38)48(63-34-39-23-13-6-14-24-39)50(52(51)70-57)68-54-44(59-60-58)46(61-32-37-19-9-4-10-20-37)45-43(66-54)36-65-53(67-45)41-27-17-8-18-28-41/h4-28,42-54H,29-36H2,1-3H3/t42?,43-,44-,45-,46-,47+,48+,49-,50-,51-,52+,53?,54-,56?,57?/m1/s1. The van der Waals surface area contributed by atoms with E-state index >= 15 is 0 Å². The van der Waals surface area contributed by atoms with E-state index in [-0.39, 0.29) is 37.3 Å².